The molecule has 0 aromatic carbocycles. The Hall–Kier alpha value is -1.27. The Kier molecular flexibility index (Phi) is 3.93. The average Bonchev–Trinajstić information content (AvgIpc) is 2.47. The molecule has 1 heterocycles. The van der Waals surface area contributed by atoms with E-state index in [0.29, 0.717) is 0 Å². The first kappa shape index (κ1) is 11.8. The third kappa shape index (κ3) is 3.10. The Morgan fingerprint density at radius 3 is 2.67 bits per heavy atom. The molecule has 0 aliphatic heterocycles. The van der Waals surface area contributed by atoms with Crippen LogP contribution >= 0.6 is 23.2 Å². The minimum Gasteiger partial charge on any atom is -0.450 e. The van der Waals surface area contributed by atoms with E-state index < -0.39 is 12.0 Å². The van der Waals surface area contributed by atoms with Crippen LogP contribution in [0.2, 0.25) is 10.3 Å². The molecule has 2 amide bonds. The largest absolute Gasteiger partial charge is 0.450 e. The zero-order valence-electron chi connectivity index (χ0n) is 7.63. The van der Waals surface area contributed by atoms with Crippen LogP contribution in [0.15, 0.2) is 0 Å². The molecular weight excluding hydrogens is 245 g/mol. The molecule has 0 saturated heterocycles. The predicted octanol–water partition coefficient (Wildman–Crippen LogP) is 1.60. The normalized spacial score (nSPS) is 9.80. The Labute approximate surface area is 94.9 Å². The lowest BCUT2D eigenvalue weighted by atomic mass is 10.6. The summed E-state index contributed by atoms with van der Waals surface area (Å²) in [6.45, 7) is 1.78. The number of halogens is 2. The minimum atomic E-state index is -0.855. The number of alkyl carbamates (subject to hydrolysis) is 1. The zero-order valence-corrected chi connectivity index (χ0v) is 9.15. The number of nitrogens with one attached hydrogen (secondary N) is 2. The van der Waals surface area contributed by atoms with Gasteiger partial charge in [-0.25, -0.2) is 9.78 Å². The van der Waals surface area contributed by atoms with Gasteiger partial charge in [-0.2, -0.15) is 0 Å². The number of hydrogen-bond acceptors (Lipinski definition) is 4. The van der Waals surface area contributed by atoms with E-state index in [1.165, 1.54) is 0 Å². The van der Waals surface area contributed by atoms with Crippen molar-refractivity contribution in [2.45, 2.75) is 6.92 Å². The summed E-state index contributed by atoms with van der Waals surface area (Å²) < 4.78 is 4.49. The maximum atomic E-state index is 11.3. The standard InChI is InChI=1S/C7H7Cl2N3O3/c1-2-15-7(14)12-6(13)5-10-3(8)4(9)11-5/h2H2,1H3,(H,10,11)(H,12,13,14). The SMILES string of the molecule is CCOC(=O)NC(=O)c1nc(Cl)c(Cl)[nH]1. The van der Waals surface area contributed by atoms with Crippen LogP contribution in [0.5, 0.6) is 0 Å². The van der Waals surface area contributed by atoms with Crippen molar-refractivity contribution >= 4 is 35.2 Å². The number of imidazole rings is 1. The summed E-state index contributed by atoms with van der Waals surface area (Å²) in [5, 5.41) is 1.92. The van der Waals surface area contributed by atoms with Crippen molar-refractivity contribution in [2.75, 3.05) is 6.61 Å². The number of rotatable bonds is 2. The molecule has 0 radical (unpaired) electrons. The summed E-state index contributed by atoms with van der Waals surface area (Å²) >= 11 is 11.0. The first-order chi connectivity index (χ1) is 7.04. The van der Waals surface area contributed by atoms with Gasteiger partial charge < -0.3 is 9.72 Å². The van der Waals surface area contributed by atoms with Crippen LogP contribution in [-0.4, -0.2) is 28.6 Å². The fourth-order valence-electron chi connectivity index (χ4n) is 0.757. The topological polar surface area (TPSA) is 84.1 Å². The summed E-state index contributed by atoms with van der Waals surface area (Å²) in [5.74, 6) is -0.916. The van der Waals surface area contributed by atoms with Gasteiger partial charge in [0.25, 0.3) is 5.91 Å². The Morgan fingerprint density at radius 1 is 1.53 bits per heavy atom. The van der Waals surface area contributed by atoms with Crippen molar-refractivity contribution in [3.8, 4) is 0 Å². The molecule has 0 spiro atoms. The van der Waals surface area contributed by atoms with Crippen LogP contribution in [0, 0.1) is 0 Å². The van der Waals surface area contributed by atoms with Gasteiger partial charge in [-0.3, -0.25) is 10.1 Å². The molecule has 1 aromatic heterocycles. The minimum absolute atomic E-state index is 0.0330. The van der Waals surface area contributed by atoms with E-state index in [2.05, 4.69) is 14.7 Å². The van der Waals surface area contributed by atoms with Crippen molar-refractivity contribution in [3.05, 3.63) is 16.1 Å². The molecule has 1 rings (SSSR count). The first-order valence-electron chi connectivity index (χ1n) is 3.93. The summed E-state index contributed by atoms with van der Waals surface area (Å²) in [5.41, 5.74) is 0. The second-order valence-corrected chi connectivity index (χ2v) is 3.10. The molecule has 6 nitrogen and oxygen atoms in total. The number of carbonyl (C=O) groups is 2. The van der Waals surface area contributed by atoms with Crippen LogP contribution in [0.25, 0.3) is 0 Å². The summed E-state index contributed by atoms with van der Waals surface area (Å²) in [7, 11) is 0. The molecule has 0 unspecified atom stereocenters. The quantitative estimate of drug-likeness (QED) is 0.837. The smallest absolute Gasteiger partial charge is 0.414 e. The van der Waals surface area contributed by atoms with Crippen LogP contribution in [0.4, 0.5) is 4.79 Å². The van der Waals surface area contributed by atoms with Crippen LogP contribution in [-0.2, 0) is 4.74 Å². The lowest BCUT2D eigenvalue weighted by Crippen LogP contribution is -2.31. The number of ether oxygens (including phenoxy) is 1. The monoisotopic (exact) mass is 251 g/mol. The van der Waals surface area contributed by atoms with Gasteiger partial charge in [0.15, 0.2) is 11.0 Å². The van der Waals surface area contributed by atoms with Crippen molar-refractivity contribution < 1.29 is 14.3 Å². The van der Waals surface area contributed by atoms with Gasteiger partial charge in [0, 0.05) is 0 Å². The zero-order chi connectivity index (χ0) is 11.4. The second-order valence-electron chi connectivity index (χ2n) is 2.36. The van der Waals surface area contributed by atoms with E-state index in [0.717, 1.165) is 0 Å². The maximum absolute atomic E-state index is 11.3. The van der Waals surface area contributed by atoms with E-state index in [1.807, 2.05) is 5.32 Å². The number of nitrogens with zero attached hydrogens (tertiary/aromatic N) is 1. The molecular formula is C7H7Cl2N3O3. The van der Waals surface area contributed by atoms with Crippen molar-refractivity contribution in [1.29, 1.82) is 0 Å². The maximum Gasteiger partial charge on any atom is 0.414 e. The lowest BCUT2D eigenvalue weighted by Gasteiger charge is -2.00. The number of aromatic amines is 1. The van der Waals surface area contributed by atoms with E-state index in [9.17, 15) is 9.59 Å². The third-order valence-corrected chi connectivity index (χ3v) is 1.97. The van der Waals surface area contributed by atoms with E-state index in [4.69, 9.17) is 23.2 Å². The average molecular weight is 252 g/mol. The van der Waals surface area contributed by atoms with Crippen molar-refractivity contribution in [3.63, 3.8) is 0 Å². The number of imide groups is 1. The third-order valence-electron chi connectivity index (χ3n) is 1.33. The number of hydrogen-bond donors (Lipinski definition) is 2. The van der Waals surface area contributed by atoms with Gasteiger partial charge in [-0.05, 0) is 6.92 Å². The molecule has 0 saturated carbocycles. The van der Waals surface area contributed by atoms with Crippen molar-refractivity contribution in [2.24, 2.45) is 0 Å². The van der Waals surface area contributed by atoms with Gasteiger partial charge in [0.2, 0.25) is 0 Å². The molecule has 0 aliphatic carbocycles. The highest BCUT2D eigenvalue weighted by atomic mass is 35.5. The molecule has 0 fully saturated rings. The highest BCUT2D eigenvalue weighted by Gasteiger charge is 2.16. The molecule has 0 atom stereocenters. The highest BCUT2D eigenvalue weighted by molar-refractivity contribution is 6.40. The molecule has 1 aromatic rings. The van der Waals surface area contributed by atoms with Gasteiger partial charge >= 0.3 is 6.09 Å². The molecule has 0 aliphatic rings. The van der Waals surface area contributed by atoms with Gasteiger partial charge in [-0.15, -0.1) is 0 Å². The molecule has 0 bridgehead atoms. The predicted molar refractivity (Wildman–Crippen MR) is 53.1 cm³/mol. The Bertz CT molecular complexity index is 371. The molecule has 2 N–H and O–H groups in total. The number of H-pyrrole nitrogens is 1. The summed E-state index contributed by atoms with van der Waals surface area (Å²) in [4.78, 5) is 28.1. The van der Waals surface area contributed by atoms with E-state index in [1.54, 1.807) is 6.92 Å². The van der Waals surface area contributed by atoms with Gasteiger partial charge in [-0.1, -0.05) is 23.2 Å². The van der Waals surface area contributed by atoms with Crippen LogP contribution < -0.4 is 5.32 Å². The molecule has 82 valence electrons. The van der Waals surface area contributed by atoms with Crippen molar-refractivity contribution in [1.82, 2.24) is 15.3 Å². The highest BCUT2D eigenvalue weighted by Crippen LogP contribution is 2.17. The summed E-state index contributed by atoms with van der Waals surface area (Å²) in [6.07, 6.45) is -0.855. The fraction of sp³-hybridized carbons (Fsp3) is 0.286. The van der Waals surface area contributed by atoms with Gasteiger partial charge in [0.1, 0.15) is 5.15 Å². The van der Waals surface area contributed by atoms with Crippen LogP contribution in [0.1, 0.15) is 17.5 Å². The Balaban J connectivity index is 2.65. The fourth-order valence-corrected chi connectivity index (χ4v) is 1.02. The number of carbonyl (C=O) groups excluding carboxylic acids is 2. The molecule has 15 heavy (non-hydrogen) atoms. The van der Waals surface area contributed by atoms with E-state index in [-0.39, 0.29) is 22.7 Å². The summed E-state index contributed by atoms with van der Waals surface area (Å²) in [6, 6.07) is 0. The second kappa shape index (κ2) is 4.99. The van der Waals surface area contributed by atoms with E-state index >= 15 is 0 Å². The first-order valence-corrected chi connectivity index (χ1v) is 4.69. The van der Waals surface area contributed by atoms with Gasteiger partial charge in [0.05, 0.1) is 6.61 Å². The van der Waals surface area contributed by atoms with Crippen LogP contribution in [0.3, 0.4) is 0 Å². The Morgan fingerprint density at radius 2 is 2.20 bits per heavy atom. The lowest BCUT2D eigenvalue weighted by molar-refractivity contribution is 0.0916. The number of amides is 2. The molecule has 8 heteroatoms. The number of aromatic nitrogens is 2.